The van der Waals surface area contributed by atoms with Gasteiger partial charge in [-0.2, -0.15) is 0 Å². The summed E-state index contributed by atoms with van der Waals surface area (Å²) in [6.07, 6.45) is 3.48. The van der Waals surface area contributed by atoms with Gasteiger partial charge in [0.15, 0.2) is 4.80 Å². The SMILES string of the molecule is CSc1ccc([C@H]2C(C(=O)OC(C)C)=C(C)N=c3s/c(=C\c4ccc(OCc5ccccc5F)cc4)c(=O)n32)cc1. The number of ether oxygens (including phenoxy) is 2. The summed E-state index contributed by atoms with van der Waals surface area (Å²) < 4.78 is 27.3. The highest BCUT2D eigenvalue weighted by Gasteiger charge is 2.33. The molecule has 6 nitrogen and oxygen atoms in total. The van der Waals surface area contributed by atoms with Crippen LogP contribution in [0.25, 0.3) is 6.08 Å². The number of rotatable bonds is 8. The maximum atomic E-state index is 13.9. The Morgan fingerprint density at radius 3 is 2.46 bits per heavy atom. The predicted octanol–water partition coefficient (Wildman–Crippen LogP) is 5.63. The van der Waals surface area contributed by atoms with Crippen LogP contribution in [0.2, 0.25) is 0 Å². The van der Waals surface area contributed by atoms with Crippen molar-refractivity contribution in [3.8, 4) is 5.75 Å². The van der Waals surface area contributed by atoms with E-state index in [1.54, 1.807) is 73.5 Å². The van der Waals surface area contributed by atoms with Gasteiger partial charge >= 0.3 is 5.97 Å². The Balaban J connectivity index is 1.50. The monoisotopic (exact) mass is 588 g/mol. The molecule has 5 rings (SSSR count). The molecule has 1 aromatic heterocycles. The predicted molar refractivity (Wildman–Crippen MR) is 160 cm³/mol. The third kappa shape index (κ3) is 6.21. The van der Waals surface area contributed by atoms with E-state index in [0.717, 1.165) is 16.0 Å². The molecule has 2 heterocycles. The second-order valence-corrected chi connectivity index (χ2v) is 11.6. The molecule has 4 aromatic rings. The van der Waals surface area contributed by atoms with Gasteiger partial charge in [-0.25, -0.2) is 14.2 Å². The first-order valence-corrected chi connectivity index (χ1v) is 15.1. The lowest BCUT2D eigenvalue weighted by molar-refractivity contribution is -0.143. The van der Waals surface area contributed by atoms with E-state index in [1.807, 2.05) is 42.7 Å². The van der Waals surface area contributed by atoms with Gasteiger partial charge in [0.1, 0.15) is 18.2 Å². The first-order valence-electron chi connectivity index (χ1n) is 13.1. The fourth-order valence-electron chi connectivity index (χ4n) is 4.55. The zero-order chi connectivity index (χ0) is 29.1. The van der Waals surface area contributed by atoms with Crippen LogP contribution in [0.1, 0.15) is 43.5 Å². The fraction of sp³-hybridized carbons (Fsp3) is 0.219. The molecule has 0 amide bonds. The normalized spacial score (nSPS) is 15.1. The molecule has 0 saturated carbocycles. The number of carbonyl (C=O) groups excluding carboxylic acids is 1. The number of benzene rings is 3. The van der Waals surface area contributed by atoms with E-state index in [1.165, 1.54) is 17.4 Å². The Morgan fingerprint density at radius 1 is 1.10 bits per heavy atom. The lowest BCUT2D eigenvalue weighted by Crippen LogP contribution is -2.40. The minimum Gasteiger partial charge on any atom is -0.489 e. The van der Waals surface area contributed by atoms with Gasteiger partial charge in [-0.3, -0.25) is 9.36 Å². The molecule has 3 aromatic carbocycles. The van der Waals surface area contributed by atoms with Crippen LogP contribution in [-0.4, -0.2) is 22.9 Å². The molecule has 0 fully saturated rings. The van der Waals surface area contributed by atoms with Crippen molar-refractivity contribution >= 4 is 35.1 Å². The number of nitrogens with zero attached hydrogens (tertiary/aromatic N) is 2. The molecule has 41 heavy (non-hydrogen) atoms. The fourth-order valence-corrected chi connectivity index (χ4v) is 6.00. The maximum absolute atomic E-state index is 13.9. The van der Waals surface area contributed by atoms with Crippen LogP contribution in [0.15, 0.2) is 98.7 Å². The Bertz CT molecular complexity index is 1790. The number of esters is 1. The van der Waals surface area contributed by atoms with Gasteiger partial charge in [-0.1, -0.05) is 53.8 Å². The number of thiazole rings is 1. The molecule has 210 valence electrons. The van der Waals surface area contributed by atoms with Crippen molar-refractivity contribution in [1.82, 2.24) is 4.57 Å². The van der Waals surface area contributed by atoms with E-state index in [-0.39, 0.29) is 24.1 Å². The summed E-state index contributed by atoms with van der Waals surface area (Å²) in [5.74, 6) is -0.209. The highest BCUT2D eigenvalue weighted by molar-refractivity contribution is 7.98. The van der Waals surface area contributed by atoms with Crippen LogP contribution in [0.5, 0.6) is 5.75 Å². The van der Waals surface area contributed by atoms with E-state index in [2.05, 4.69) is 4.99 Å². The number of allylic oxidation sites excluding steroid dienone is 1. The molecule has 1 atom stereocenters. The van der Waals surface area contributed by atoms with Gasteiger partial charge in [-0.15, -0.1) is 11.8 Å². The Hall–Kier alpha value is -3.95. The zero-order valence-corrected chi connectivity index (χ0v) is 24.7. The molecule has 0 bridgehead atoms. The molecule has 0 N–H and O–H groups in total. The molecule has 1 aliphatic rings. The molecule has 0 spiro atoms. The van der Waals surface area contributed by atoms with Crippen molar-refractivity contribution < 1.29 is 18.7 Å². The van der Waals surface area contributed by atoms with Gasteiger partial charge in [0, 0.05) is 10.5 Å². The molecular weight excluding hydrogens is 559 g/mol. The van der Waals surface area contributed by atoms with Crippen LogP contribution in [0, 0.1) is 5.82 Å². The Labute approximate surface area is 245 Å². The van der Waals surface area contributed by atoms with Gasteiger partial charge in [0.05, 0.1) is 27.9 Å². The van der Waals surface area contributed by atoms with Crippen molar-refractivity contribution in [3.63, 3.8) is 0 Å². The highest BCUT2D eigenvalue weighted by Crippen LogP contribution is 2.32. The summed E-state index contributed by atoms with van der Waals surface area (Å²) >= 11 is 2.89. The third-order valence-corrected chi connectivity index (χ3v) is 8.27. The summed E-state index contributed by atoms with van der Waals surface area (Å²) in [7, 11) is 0. The minimum absolute atomic E-state index is 0.115. The number of fused-ring (bicyclic) bond motifs is 1. The quantitative estimate of drug-likeness (QED) is 0.197. The van der Waals surface area contributed by atoms with E-state index >= 15 is 0 Å². The molecule has 0 radical (unpaired) electrons. The number of thioether (sulfide) groups is 1. The second kappa shape index (κ2) is 12.3. The van der Waals surface area contributed by atoms with Gasteiger partial charge < -0.3 is 9.47 Å². The summed E-state index contributed by atoms with van der Waals surface area (Å²) in [5.41, 5.74) is 2.71. The van der Waals surface area contributed by atoms with Crippen LogP contribution < -0.4 is 19.6 Å². The van der Waals surface area contributed by atoms with Crippen molar-refractivity contribution in [1.29, 1.82) is 0 Å². The number of aromatic nitrogens is 1. The number of hydrogen-bond donors (Lipinski definition) is 0. The minimum atomic E-state index is -0.662. The molecule has 0 saturated heterocycles. The van der Waals surface area contributed by atoms with E-state index in [0.29, 0.717) is 31.9 Å². The van der Waals surface area contributed by atoms with Crippen molar-refractivity contribution in [3.05, 3.63) is 126 Å². The molecule has 9 heteroatoms. The molecule has 1 aliphatic heterocycles. The van der Waals surface area contributed by atoms with Crippen LogP contribution in [0.3, 0.4) is 0 Å². The lowest BCUT2D eigenvalue weighted by atomic mass is 9.96. The Morgan fingerprint density at radius 2 is 1.80 bits per heavy atom. The number of hydrogen-bond acceptors (Lipinski definition) is 7. The maximum Gasteiger partial charge on any atom is 0.338 e. The number of halogens is 1. The van der Waals surface area contributed by atoms with Crippen molar-refractivity contribution in [2.75, 3.05) is 6.26 Å². The molecule has 0 aliphatic carbocycles. The largest absolute Gasteiger partial charge is 0.489 e. The summed E-state index contributed by atoms with van der Waals surface area (Å²) in [6.45, 7) is 5.48. The zero-order valence-electron chi connectivity index (χ0n) is 23.1. The lowest BCUT2D eigenvalue weighted by Gasteiger charge is -2.25. The number of carbonyl (C=O) groups is 1. The Kier molecular flexibility index (Phi) is 8.56. The van der Waals surface area contributed by atoms with Crippen molar-refractivity contribution in [2.45, 2.75) is 44.4 Å². The van der Waals surface area contributed by atoms with Gasteiger partial charge in [0.2, 0.25) is 0 Å². The molecular formula is C32H29FN2O4S2. The average molecular weight is 589 g/mol. The summed E-state index contributed by atoms with van der Waals surface area (Å²) in [5, 5.41) is 0. The van der Waals surface area contributed by atoms with E-state index < -0.39 is 12.0 Å². The van der Waals surface area contributed by atoms with Gasteiger partial charge in [0.25, 0.3) is 5.56 Å². The topological polar surface area (TPSA) is 69.9 Å². The van der Waals surface area contributed by atoms with E-state index in [9.17, 15) is 14.0 Å². The highest BCUT2D eigenvalue weighted by atomic mass is 32.2. The first kappa shape index (κ1) is 28.6. The van der Waals surface area contributed by atoms with Crippen molar-refractivity contribution in [2.24, 2.45) is 4.99 Å². The first-order chi connectivity index (χ1) is 19.7. The van der Waals surface area contributed by atoms with Crippen LogP contribution in [0.4, 0.5) is 4.39 Å². The smallest absolute Gasteiger partial charge is 0.338 e. The average Bonchev–Trinajstić information content (AvgIpc) is 3.26. The van der Waals surface area contributed by atoms with E-state index in [4.69, 9.17) is 9.47 Å². The summed E-state index contributed by atoms with van der Waals surface area (Å²) in [4.78, 5) is 33.3. The second-order valence-electron chi connectivity index (χ2n) is 9.76. The van der Waals surface area contributed by atoms with Crippen LogP contribution >= 0.6 is 23.1 Å². The standard InChI is InChI=1S/C32H29FN2O4S2/c1-19(2)39-31(37)28-20(3)34-32-35(29(28)22-11-15-25(40-4)16-12-22)30(36)27(41-32)17-21-9-13-24(14-10-21)38-18-23-7-5-6-8-26(23)33/h5-17,19,29H,18H2,1-4H3/b27-17-/t29-/m0/s1. The molecule has 0 unspecified atom stereocenters. The summed E-state index contributed by atoms with van der Waals surface area (Å²) in [6, 6.07) is 20.9. The van der Waals surface area contributed by atoms with Gasteiger partial charge in [-0.05, 0) is 74.6 Å². The third-order valence-electron chi connectivity index (χ3n) is 6.55. The van der Waals surface area contributed by atoms with Crippen LogP contribution in [-0.2, 0) is 16.1 Å².